The number of ether oxygens (including phenoxy) is 1. The van der Waals surface area contributed by atoms with Crippen molar-refractivity contribution in [2.24, 2.45) is 11.8 Å². The van der Waals surface area contributed by atoms with Crippen molar-refractivity contribution in [3.05, 3.63) is 0 Å². The van der Waals surface area contributed by atoms with Crippen LogP contribution in [0.4, 0.5) is 0 Å². The summed E-state index contributed by atoms with van der Waals surface area (Å²) in [5, 5.41) is 9.04. The summed E-state index contributed by atoms with van der Waals surface area (Å²) in [4.78, 5) is 34.8. The predicted octanol–water partition coefficient (Wildman–Crippen LogP) is 1.79. The van der Waals surface area contributed by atoms with E-state index in [9.17, 15) is 14.4 Å². The van der Waals surface area contributed by atoms with E-state index in [1.54, 1.807) is 6.92 Å². The van der Waals surface area contributed by atoms with Gasteiger partial charge in [-0.25, -0.2) is 0 Å². The summed E-state index contributed by atoms with van der Waals surface area (Å²) in [6.45, 7) is 3.50. The summed E-state index contributed by atoms with van der Waals surface area (Å²) < 4.78 is 4.96. The highest BCUT2D eigenvalue weighted by Gasteiger charge is 2.40. The number of ketones is 1. The van der Waals surface area contributed by atoms with E-state index in [1.807, 2.05) is 6.92 Å². The van der Waals surface area contributed by atoms with Gasteiger partial charge in [-0.2, -0.15) is 0 Å². The molecule has 1 N–H and O–H groups in total. The van der Waals surface area contributed by atoms with Gasteiger partial charge in [0.2, 0.25) is 5.92 Å². The predicted molar refractivity (Wildman–Crippen MR) is 63.9 cm³/mol. The van der Waals surface area contributed by atoms with E-state index in [1.165, 1.54) is 0 Å². The second-order valence-corrected chi connectivity index (χ2v) is 4.81. The molecule has 1 aliphatic carbocycles. The molecule has 0 aromatic carbocycles. The van der Waals surface area contributed by atoms with Gasteiger partial charge < -0.3 is 9.84 Å². The first-order valence-corrected chi connectivity index (χ1v) is 6.44. The van der Waals surface area contributed by atoms with Crippen LogP contribution in [0.5, 0.6) is 0 Å². The lowest BCUT2D eigenvalue weighted by molar-refractivity contribution is -0.165. The zero-order valence-electron chi connectivity index (χ0n) is 10.8. The van der Waals surface area contributed by atoms with Gasteiger partial charge in [0.05, 0.1) is 6.10 Å². The molecule has 1 saturated carbocycles. The van der Waals surface area contributed by atoms with Gasteiger partial charge in [-0.3, -0.25) is 14.4 Å². The van der Waals surface area contributed by atoms with Gasteiger partial charge >= 0.3 is 11.9 Å². The number of rotatable bonds is 6. The first-order valence-electron chi connectivity index (χ1n) is 6.44. The Labute approximate surface area is 107 Å². The Kier molecular flexibility index (Phi) is 5.31. The Bertz CT molecular complexity index is 330. The van der Waals surface area contributed by atoms with E-state index in [0.29, 0.717) is 19.3 Å². The molecule has 0 heterocycles. The van der Waals surface area contributed by atoms with E-state index in [0.717, 1.165) is 12.8 Å². The maximum atomic E-state index is 12.0. The van der Waals surface area contributed by atoms with E-state index in [-0.39, 0.29) is 12.0 Å². The molecule has 18 heavy (non-hydrogen) atoms. The van der Waals surface area contributed by atoms with E-state index in [4.69, 9.17) is 9.84 Å². The first-order chi connectivity index (χ1) is 8.47. The molecule has 5 nitrogen and oxygen atoms in total. The van der Waals surface area contributed by atoms with Gasteiger partial charge in [0.25, 0.3) is 0 Å². The fourth-order valence-electron chi connectivity index (χ4n) is 2.13. The number of Topliss-reactive ketones (excluding diaryl/α,β-unsaturated/α-hetero) is 1. The van der Waals surface area contributed by atoms with E-state index >= 15 is 0 Å². The fourth-order valence-corrected chi connectivity index (χ4v) is 2.13. The molecule has 102 valence electrons. The molecule has 1 aliphatic rings. The summed E-state index contributed by atoms with van der Waals surface area (Å²) in [6.07, 6.45) is 3.43. The highest BCUT2D eigenvalue weighted by molar-refractivity contribution is 6.15. The summed E-state index contributed by atoms with van der Waals surface area (Å²) in [5.41, 5.74) is 0. The molecule has 0 aliphatic heterocycles. The monoisotopic (exact) mass is 256 g/mol. The smallest absolute Gasteiger partial charge is 0.328 e. The Balaban J connectivity index is 2.72. The van der Waals surface area contributed by atoms with E-state index in [2.05, 4.69) is 0 Å². The number of esters is 1. The van der Waals surface area contributed by atoms with Crippen molar-refractivity contribution in [3.63, 3.8) is 0 Å². The molecule has 0 bridgehead atoms. The van der Waals surface area contributed by atoms with Crippen molar-refractivity contribution >= 4 is 17.7 Å². The molecule has 2 unspecified atom stereocenters. The lowest BCUT2D eigenvalue weighted by Gasteiger charge is -2.17. The number of carbonyl (C=O) groups is 3. The van der Waals surface area contributed by atoms with Gasteiger partial charge in [0.1, 0.15) is 0 Å². The van der Waals surface area contributed by atoms with Crippen LogP contribution in [-0.4, -0.2) is 28.9 Å². The van der Waals surface area contributed by atoms with Crippen molar-refractivity contribution in [3.8, 4) is 0 Å². The zero-order valence-corrected chi connectivity index (χ0v) is 10.8. The van der Waals surface area contributed by atoms with Crippen LogP contribution >= 0.6 is 0 Å². The van der Waals surface area contributed by atoms with Crippen molar-refractivity contribution in [1.29, 1.82) is 0 Å². The third-order valence-corrected chi connectivity index (χ3v) is 3.42. The van der Waals surface area contributed by atoms with Crippen LogP contribution in [0.2, 0.25) is 0 Å². The highest BCUT2D eigenvalue weighted by atomic mass is 16.5. The van der Waals surface area contributed by atoms with Crippen LogP contribution in [0.25, 0.3) is 0 Å². The van der Waals surface area contributed by atoms with Crippen molar-refractivity contribution in [1.82, 2.24) is 0 Å². The van der Waals surface area contributed by atoms with Gasteiger partial charge in [0, 0.05) is 5.92 Å². The second kappa shape index (κ2) is 6.52. The minimum atomic E-state index is -1.65. The molecule has 1 rings (SSSR count). The number of carbonyl (C=O) groups excluding carboxylic acids is 2. The third kappa shape index (κ3) is 3.55. The molecule has 0 aromatic rings. The Morgan fingerprint density at radius 2 is 1.83 bits per heavy atom. The van der Waals surface area contributed by atoms with Crippen LogP contribution in [0, 0.1) is 11.8 Å². The third-order valence-electron chi connectivity index (χ3n) is 3.42. The van der Waals surface area contributed by atoms with Gasteiger partial charge in [-0.1, -0.05) is 19.8 Å². The Morgan fingerprint density at radius 1 is 1.28 bits per heavy atom. The molecule has 0 spiro atoms. The second-order valence-electron chi connectivity index (χ2n) is 4.81. The largest absolute Gasteiger partial charge is 0.480 e. The highest BCUT2D eigenvalue weighted by Crippen LogP contribution is 2.28. The number of hydrogen-bond donors (Lipinski definition) is 1. The quantitative estimate of drug-likeness (QED) is 0.578. The Morgan fingerprint density at radius 3 is 2.28 bits per heavy atom. The minimum Gasteiger partial charge on any atom is -0.480 e. The molecule has 0 saturated heterocycles. The summed E-state index contributed by atoms with van der Waals surface area (Å²) >= 11 is 0. The van der Waals surface area contributed by atoms with Crippen LogP contribution in [0.3, 0.4) is 0 Å². The summed E-state index contributed by atoms with van der Waals surface area (Å²) in [5.74, 6) is -4.76. The number of aliphatic carboxylic acids is 1. The fraction of sp³-hybridized carbons (Fsp3) is 0.769. The van der Waals surface area contributed by atoms with Crippen LogP contribution in [0.15, 0.2) is 0 Å². The SMILES string of the molecule is CCC(C)OC(=O)C(C(=O)O)C(=O)C1CCCC1. The van der Waals surface area contributed by atoms with Crippen molar-refractivity contribution in [2.45, 2.75) is 52.1 Å². The molecule has 1 fully saturated rings. The molecule has 0 amide bonds. The first kappa shape index (κ1) is 14.7. The van der Waals surface area contributed by atoms with Gasteiger partial charge in [-0.15, -0.1) is 0 Å². The molecular weight excluding hydrogens is 236 g/mol. The van der Waals surface area contributed by atoms with Crippen LogP contribution in [-0.2, 0) is 19.1 Å². The van der Waals surface area contributed by atoms with Crippen LogP contribution in [0.1, 0.15) is 46.0 Å². The lowest BCUT2D eigenvalue weighted by atomic mass is 9.91. The van der Waals surface area contributed by atoms with E-state index < -0.39 is 23.6 Å². The molecule has 5 heteroatoms. The maximum absolute atomic E-state index is 12.0. The summed E-state index contributed by atoms with van der Waals surface area (Å²) in [7, 11) is 0. The summed E-state index contributed by atoms with van der Waals surface area (Å²) in [6, 6.07) is 0. The van der Waals surface area contributed by atoms with Crippen molar-refractivity contribution < 1.29 is 24.2 Å². The average molecular weight is 256 g/mol. The minimum absolute atomic E-state index is 0.296. The van der Waals surface area contributed by atoms with Gasteiger partial charge in [-0.05, 0) is 26.2 Å². The van der Waals surface area contributed by atoms with Crippen molar-refractivity contribution in [2.75, 3.05) is 0 Å². The standard InChI is InChI=1S/C13H20O5/c1-3-8(2)18-13(17)10(12(15)16)11(14)9-6-4-5-7-9/h8-10H,3-7H2,1-2H3,(H,15,16). The lowest BCUT2D eigenvalue weighted by Crippen LogP contribution is -2.37. The normalized spacial score (nSPS) is 19.2. The topological polar surface area (TPSA) is 80.7 Å². The Hall–Kier alpha value is -1.39. The number of carboxylic acid groups (broad SMARTS) is 1. The zero-order chi connectivity index (χ0) is 13.7. The molecule has 0 radical (unpaired) electrons. The average Bonchev–Trinajstić information content (AvgIpc) is 2.81. The number of carboxylic acids is 1. The molecule has 0 aromatic heterocycles. The van der Waals surface area contributed by atoms with Crippen LogP contribution < -0.4 is 0 Å². The van der Waals surface area contributed by atoms with Gasteiger partial charge in [0.15, 0.2) is 5.78 Å². The molecular formula is C13H20O5. The number of hydrogen-bond acceptors (Lipinski definition) is 4. The maximum Gasteiger partial charge on any atom is 0.328 e. The molecule has 2 atom stereocenters.